The molecule has 3 rings (SSSR count). The molecule has 1 saturated heterocycles. The molecule has 1 atom stereocenters. The molecule has 2 aliphatic rings. The first-order valence-corrected chi connectivity index (χ1v) is 8.29. The summed E-state index contributed by atoms with van der Waals surface area (Å²) in [6, 6.07) is 5.86. The molecule has 1 aromatic rings. The van der Waals surface area contributed by atoms with E-state index in [1.54, 1.807) is 26.0 Å². The van der Waals surface area contributed by atoms with Gasteiger partial charge in [0.2, 0.25) is 0 Å². The Hall–Kier alpha value is -2.24. The van der Waals surface area contributed by atoms with Gasteiger partial charge in [-0.1, -0.05) is 19.3 Å². The molecule has 0 bridgehead atoms. The third-order valence-corrected chi connectivity index (χ3v) is 5.40. The average Bonchev–Trinajstić information content (AvgIpc) is 2.58. The number of cyclic esters (lactones) is 1. The van der Waals surface area contributed by atoms with E-state index in [9.17, 15) is 19.7 Å². The normalized spacial score (nSPS) is 25.3. The summed E-state index contributed by atoms with van der Waals surface area (Å²) in [6.07, 6.45) is 3.15. The van der Waals surface area contributed by atoms with Crippen molar-refractivity contribution in [1.82, 2.24) is 0 Å². The van der Waals surface area contributed by atoms with Gasteiger partial charge in [0.1, 0.15) is 11.5 Å². The molecule has 1 heterocycles. The van der Waals surface area contributed by atoms with Gasteiger partial charge in [-0.15, -0.1) is 0 Å². The van der Waals surface area contributed by atoms with E-state index in [4.69, 9.17) is 4.74 Å². The number of nitrogens with zero attached hydrogens (tertiary/aromatic N) is 1. The number of ketones is 1. The molecule has 1 aliphatic heterocycles. The zero-order chi connectivity index (χ0) is 17.5. The second kappa shape index (κ2) is 5.69. The molecule has 6 heteroatoms. The first-order chi connectivity index (χ1) is 11.3. The maximum Gasteiger partial charge on any atom is 0.320 e. The highest BCUT2D eigenvalue weighted by atomic mass is 16.6. The van der Waals surface area contributed by atoms with E-state index in [-0.39, 0.29) is 11.5 Å². The molecule has 2 fully saturated rings. The quantitative estimate of drug-likeness (QED) is 0.356. The van der Waals surface area contributed by atoms with Crippen LogP contribution in [-0.4, -0.2) is 16.7 Å². The summed E-state index contributed by atoms with van der Waals surface area (Å²) >= 11 is 0. The summed E-state index contributed by atoms with van der Waals surface area (Å²) in [6.45, 7) is 3.59. The second-order valence-corrected chi connectivity index (χ2v) is 7.33. The van der Waals surface area contributed by atoms with Crippen molar-refractivity contribution in [2.45, 2.75) is 52.1 Å². The zero-order valence-electron chi connectivity index (χ0n) is 13.9. The van der Waals surface area contributed by atoms with Crippen LogP contribution in [0.4, 0.5) is 5.69 Å². The van der Waals surface area contributed by atoms with Crippen LogP contribution >= 0.6 is 0 Å². The lowest BCUT2D eigenvalue weighted by atomic mass is 9.60. The number of nitro groups is 1. The van der Waals surface area contributed by atoms with E-state index in [2.05, 4.69) is 0 Å². The number of hydrogen-bond acceptors (Lipinski definition) is 5. The number of carbonyl (C=O) groups is 2. The lowest BCUT2D eigenvalue weighted by Crippen LogP contribution is -2.55. The summed E-state index contributed by atoms with van der Waals surface area (Å²) in [5.74, 6) is -0.496. The minimum Gasteiger partial charge on any atom is -0.456 e. The second-order valence-electron chi connectivity index (χ2n) is 7.33. The number of carbonyl (C=O) groups excluding carboxylic acids is 2. The number of hydrogen-bond donors (Lipinski definition) is 0. The smallest absolute Gasteiger partial charge is 0.320 e. The molecule has 0 radical (unpaired) electrons. The van der Waals surface area contributed by atoms with E-state index >= 15 is 0 Å². The fraction of sp³-hybridized carbons (Fsp3) is 0.556. The summed E-state index contributed by atoms with van der Waals surface area (Å²) in [7, 11) is 0. The highest BCUT2D eigenvalue weighted by molar-refractivity contribution is 6.08. The van der Waals surface area contributed by atoms with E-state index in [1.165, 1.54) is 12.1 Å². The monoisotopic (exact) mass is 331 g/mol. The Morgan fingerprint density at radius 3 is 2.21 bits per heavy atom. The van der Waals surface area contributed by atoms with Crippen molar-refractivity contribution < 1.29 is 19.2 Å². The van der Waals surface area contributed by atoms with Crippen LogP contribution in [0.15, 0.2) is 24.3 Å². The van der Waals surface area contributed by atoms with Gasteiger partial charge in [-0.2, -0.15) is 0 Å². The van der Waals surface area contributed by atoms with Gasteiger partial charge >= 0.3 is 5.97 Å². The molecule has 0 N–H and O–H groups in total. The average molecular weight is 331 g/mol. The molecule has 0 amide bonds. The van der Waals surface area contributed by atoms with Crippen LogP contribution in [0.25, 0.3) is 0 Å². The summed E-state index contributed by atoms with van der Waals surface area (Å²) in [5, 5.41) is 10.8. The number of benzene rings is 1. The molecule has 0 aromatic heterocycles. The number of Topliss-reactive ketones (excluding diaryl/α,β-unsaturated/α-hetero) is 1. The molecule has 6 nitrogen and oxygen atoms in total. The minimum atomic E-state index is -1.00. The molecule has 24 heavy (non-hydrogen) atoms. The predicted octanol–water partition coefficient (Wildman–Crippen LogP) is 3.74. The Bertz CT molecular complexity index is 686. The molecule has 1 aromatic carbocycles. The molecular weight excluding hydrogens is 310 g/mol. The lowest BCUT2D eigenvalue weighted by Gasteiger charge is -2.47. The third kappa shape index (κ3) is 2.41. The van der Waals surface area contributed by atoms with Crippen LogP contribution in [0.3, 0.4) is 0 Å². The van der Waals surface area contributed by atoms with Crippen molar-refractivity contribution in [1.29, 1.82) is 0 Å². The SMILES string of the molecule is CC1(C)C(=O)C2(CCCCC2)C(=O)O[C@@H]1c1ccc([N+](=O)[O-])cc1. The molecule has 1 saturated carbocycles. The van der Waals surface area contributed by atoms with Crippen LogP contribution in [0, 0.1) is 20.9 Å². The number of non-ortho nitro benzene ring substituents is 1. The van der Waals surface area contributed by atoms with Crippen molar-refractivity contribution in [2.75, 3.05) is 0 Å². The number of rotatable bonds is 2. The highest BCUT2D eigenvalue weighted by Gasteiger charge is 2.60. The van der Waals surface area contributed by atoms with Crippen LogP contribution in [0.1, 0.15) is 57.6 Å². The van der Waals surface area contributed by atoms with Crippen molar-refractivity contribution in [3.8, 4) is 0 Å². The number of nitro benzene ring substituents is 1. The topological polar surface area (TPSA) is 86.5 Å². The van der Waals surface area contributed by atoms with Gasteiger partial charge < -0.3 is 4.74 Å². The minimum absolute atomic E-state index is 0.0335. The van der Waals surface area contributed by atoms with Gasteiger partial charge in [0.25, 0.3) is 5.69 Å². The van der Waals surface area contributed by atoms with Gasteiger partial charge in [0.15, 0.2) is 5.78 Å². The predicted molar refractivity (Wildman–Crippen MR) is 86.2 cm³/mol. The van der Waals surface area contributed by atoms with E-state index in [0.717, 1.165) is 19.3 Å². The summed E-state index contributed by atoms with van der Waals surface area (Å²) in [5.41, 5.74) is -1.29. The Morgan fingerprint density at radius 1 is 1.08 bits per heavy atom. The molecular formula is C18H21NO5. The van der Waals surface area contributed by atoms with Crippen molar-refractivity contribution in [3.05, 3.63) is 39.9 Å². The largest absolute Gasteiger partial charge is 0.456 e. The van der Waals surface area contributed by atoms with Gasteiger partial charge in [-0.25, -0.2) is 0 Å². The molecule has 1 aliphatic carbocycles. The Labute approximate surface area is 140 Å². The van der Waals surface area contributed by atoms with Crippen LogP contribution in [0.5, 0.6) is 0 Å². The van der Waals surface area contributed by atoms with Gasteiger partial charge in [0, 0.05) is 12.1 Å². The first-order valence-electron chi connectivity index (χ1n) is 8.29. The molecule has 1 spiro atoms. The van der Waals surface area contributed by atoms with E-state index in [1.807, 2.05) is 0 Å². The Morgan fingerprint density at radius 2 is 1.67 bits per heavy atom. The van der Waals surface area contributed by atoms with Gasteiger partial charge in [-0.05, 0) is 44.4 Å². The zero-order valence-corrected chi connectivity index (χ0v) is 13.9. The first kappa shape index (κ1) is 16.6. The summed E-state index contributed by atoms with van der Waals surface area (Å²) < 4.78 is 5.72. The molecule has 0 unspecified atom stereocenters. The fourth-order valence-electron chi connectivity index (χ4n) is 4.04. The van der Waals surface area contributed by atoms with Crippen molar-refractivity contribution >= 4 is 17.4 Å². The number of ether oxygens (including phenoxy) is 1. The number of esters is 1. The van der Waals surface area contributed by atoms with Gasteiger partial charge in [-0.3, -0.25) is 19.7 Å². The maximum atomic E-state index is 13.2. The summed E-state index contributed by atoms with van der Waals surface area (Å²) in [4.78, 5) is 36.2. The highest BCUT2D eigenvalue weighted by Crippen LogP contribution is 2.53. The lowest BCUT2D eigenvalue weighted by molar-refractivity contribution is -0.384. The Kier molecular flexibility index (Phi) is 3.94. The van der Waals surface area contributed by atoms with Crippen LogP contribution < -0.4 is 0 Å². The van der Waals surface area contributed by atoms with Crippen molar-refractivity contribution in [2.24, 2.45) is 10.8 Å². The third-order valence-electron chi connectivity index (χ3n) is 5.40. The van der Waals surface area contributed by atoms with Crippen LogP contribution in [-0.2, 0) is 14.3 Å². The maximum absolute atomic E-state index is 13.2. The van der Waals surface area contributed by atoms with Gasteiger partial charge in [0.05, 0.1) is 10.3 Å². The van der Waals surface area contributed by atoms with E-state index < -0.39 is 27.8 Å². The van der Waals surface area contributed by atoms with Crippen LogP contribution in [0.2, 0.25) is 0 Å². The Balaban J connectivity index is 1.95. The molecule has 128 valence electrons. The standard InChI is InChI=1S/C18H21NO5/c1-17(2)14(12-6-8-13(9-7-12)19(22)23)24-16(21)18(15(17)20)10-4-3-5-11-18/h6-9,14H,3-5,10-11H2,1-2H3/t14-/m1/s1. The van der Waals surface area contributed by atoms with E-state index in [0.29, 0.717) is 18.4 Å². The van der Waals surface area contributed by atoms with Crippen molar-refractivity contribution in [3.63, 3.8) is 0 Å². The fourth-order valence-corrected chi connectivity index (χ4v) is 4.04.